The van der Waals surface area contributed by atoms with Crippen LogP contribution in [0.3, 0.4) is 0 Å². The third-order valence-electron chi connectivity index (χ3n) is 12.6. The molecule has 2 fully saturated rings. The van der Waals surface area contributed by atoms with Gasteiger partial charge in [-0.15, -0.1) is 0 Å². The topological polar surface area (TPSA) is 164 Å². The first-order chi connectivity index (χ1) is 36.9. The van der Waals surface area contributed by atoms with Crippen molar-refractivity contribution in [2.45, 2.75) is 87.8 Å². The molecule has 1 unspecified atom stereocenters. The van der Waals surface area contributed by atoms with E-state index in [4.69, 9.17) is 47.4 Å². The summed E-state index contributed by atoms with van der Waals surface area (Å²) in [5, 5.41) is 11.9. The minimum absolute atomic E-state index is 0.0345. The Kier molecular flexibility index (Phi) is 18.7. The zero-order valence-electron chi connectivity index (χ0n) is 41.0. The van der Waals surface area contributed by atoms with Crippen LogP contribution >= 0.6 is 0 Å². The molecule has 14 nitrogen and oxygen atoms in total. The smallest absolute Gasteiger partial charge is 0.338 e. The van der Waals surface area contributed by atoms with Crippen molar-refractivity contribution in [2.24, 2.45) is 0 Å². The quantitative estimate of drug-likeness (QED) is 0.0505. The first-order valence-corrected chi connectivity index (χ1v) is 24.8. The third kappa shape index (κ3) is 14.5. The number of aliphatic hydroxyl groups excluding tert-OH is 1. The highest BCUT2D eigenvalue weighted by atomic mass is 16.7. The molecule has 0 radical (unpaired) electrons. The van der Waals surface area contributed by atoms with Gasteiger partial charge in [0, 0.05) is 0 Å². The number of ether oxygens (including phenoxy) is 10. The largest absolute Gasteiger partial charge is 0.452 e. The molecule has 7 aromatic rings. The highest BCUT2D eigenvalue weighted by molar-refractivity contribution is 5.91. The van der Waals surface area contributed by atoms with Crippen molar-refractivity contribution >= 4 is 17.9 Å². The molecular weight excluding hydrogens is 957 g/mol. The van der Waals surface area contributed by atoms with Gasteiger partial charge >= 0.3 is 17.9 Å². The van der Waals surface area contributed by atoms with Crippen LogP contribution in [-0.4, -0.2) is 97.6 Å². The molecule has 7 aromatic carbocycles. The molecule has 0 spiro atoms. The molecular formula is C61H58O14. The number of hydrogen-bond donors (Lipinski definition) is 1. The molecule has 0 amide bonds. The maximum atomic E-state index is 14.1. The first kappa shape index (κ1) is 52.5. The fourth-order valence-corrected chi connectivity index (χ4v) is 8.80. The van der Waals surface area contributed by atoms with Crippen LogP contribution in [-0.2, 0) is 73.8 Å². The van der Waals surface area contributed by atoms with Gasteiger partial charge in [0.1, 0.15) is 30.5 Å². The van der Waals surface area contributed by atoms with Gasteiger partial charge in [-0.25, -0.2) is 14.4 Å². The van der Waals surface area contributed by atoms with E-state index >= 15 is 0 Å². The summed E-state index contributed by atoms with van der Waals surface area (Å²) in [6.45, 7) is 0.321. The second kappa shape index (κ2) is 26.7. The Hall–Kier alpha value is -7.37. The van der Waals surface area contributed by atoms with Crippen molar-refractivity contribution in [3.63, 3.8) is 0 Å². The molecule has 10 atom stereocenters. The van der Waals surface area contributed by atoms with E-state index in [9.17, 15) is 19.5 Å². The minimum atomic E-state index is -1.93. The summed E-state index contributed by atoms with van der Waals surface area (Å²) < 4.78 is 65.2. The maximum Gasteiger partial charge on any atom is 0.338 e. The van der Waals surface area contributed by atoms with Crippen molar-refractivity contribution < 1.29 is 66.9 Å². The zero-order valence-corrected chi connectivity index (χ0v) is 41.0. The predicted octanol–water partition coefficient (Wildman–Crippen LogP) is 9.09. The molecule has 2 heterocycles. The van der Waals surface area contributed by atoms with E-state index in [2.05, 4.69) is 0 Å². The summed E-state index contributed by atoms with van der Waals surface area (Å²) in [5.41, 5.74) is 4.08. The molecule has 0 bridgehead atoms. The number of hydrogen-bond acceptors (Lipinski definition) is 14. The van der Waals surface area contributed by atoms with Gasteiger partial charge in [-0.3, -0.25) is 0 Å². The van der Waals surface area contributed by atoms with Crippen molar-refractivity contribution in [1.29, 1.82) is 0 Å². The molecule has 1 N–H and O–H groups in total. The van der Waals surface area contributed by atoms with Crippen molar-refractivity contribution in [3.8, 4) is 0 Å². The van der Waals surface area contributed by atoms with Crippen LogP contribution in [0.15, 0.2) is 212 Å². The molecule has 2 saturated heterocycles. The zero-order chi connectivity index (χ0) is 51.6. The Bertz CT molecular complexity index is 2810. The lowest BCUT2D eigenvalue weighted by Crippen LogP contribution is -2.64. The minimum Gasteiger partial charge on any atom is -0.452 e. The second-order valence-corrected chi connectivity index (χ2v) is 17.9. The van der Waals surface area contributed by atoms with E-state index in [1.54, 1.807) is 66.7 Å². The van der Waals surface area contributed by atoms with E-state index in [-0.39, 0.29) is 49.7 Å². The molecule has 14 heteroatoms. The van der Waals surface area contributed by atoms with Gasteiger partial charge in [0.2, 0.25) is 0 Å². The van der Waals surface area contributed by atoms with Crippen molar-refractivity contribution in [1.82, 2.24) is 0 Å². The average molecular weight is 1020 g/mol. The Morgan fingerprint density at radius 1 is 0.347 bits per heavy atom. The van der Waals surface area contributed by atoms with Crippen LogP contribution < -0.4 is 0 Å². The highest BCUT2D eigenvalue weighted by Gasteiger charge is 2.54. The number of esters is 3. The van der Waals surface area contributed by atoms with E-state index in [0.717, 1.165) is 22.3 Å². The molecule has 0 aliphatic carbocycles. The number of carbonyl (C=O) groups is 3. The third-order valence-corrected chi connectivity index (χ3v) is 12.6. The average Bonchev–Trinajstić information content (AvgIpc) is 3.46. The lowest BCUT2D eigenvalue weighted by molar-refractivity contribution is -0.342. The van der Waals surface area contributed by atoms with Gasteiger partial charge in [-0.2, -0.15) is 0 Å². The summed E-state index contributed by atoms with van der Waals surface area (Å²) in [6.07, 6.45) is -13.0. The van der Waals surface area contributed by atoms with Gasteiger partial charge in [0.15, 0.2) is 30.9 Å². The number of aliphatic hydroxyl groups is 1. The van der Waals surface area contributed by atoms with Crippen LogP contribution in [0, 0.1) is 0 Å². The van der Waals surface area contributed by atoms with Gasteiger partial charge in [-0.1, -0.05) is 176 Å². The summed E-state index contributed by atoms with van der Waals surface area (Å²) in [4.78, 5) is 41.9. The van der Waals surface area contributed by atoms with E-state index in [1.807, 2.05) is 121 Å². The Morgan fingerprint density at radius 2 is 0.693 bits per heavy atom. The van der Waals surface area contributed by atoms with Gasteiger partial charge in [0.05, 0.1) is 56.3 Å². The lowest BCUT2D eigenvalue weighted by atomic mass is 9.96. The van der Waals surface area contributed by atoms with Gasteiger partial charge in [-0.05, 0) is 58.7 Å². The van der Waals surface area contributed by atoms with Crippen LogP contribution in [0.1, 0.15) is 53.3 Å². The fourth-order valence-electron chi connectivity index (χ4n) is 8.80. The summed E-state index contributed by atoms with van der Waals surface area (Å²) >= 11 is 0. The molecule has 0 aromatic heterocycles. The molecule has 75 heavy (non-hydrogen) atoms. The SMILES string of the molecule is O=C(O[C@@H]1[C@@H](OC(=O)c2ccccc2)[C@@H](O)O[C@H](COC2O[C@H](COCc3ccccc3)[C@H](OCc3ccccc3)[C@H](OCc3ccccc3)[C@H]2OCc2ccccc2)[C@H]1OC(=O)c1ccccc1)c1ccccc1. The highest BCUT2D eigenvalue weighted by Crippen LogP contribution is 2.35. The Morgan fingerprint density at radius 3 is 1.13 bits per heavy atom. The van der Waals surface area contributed by atoms with Crippen LogP contribution in [0.25, 0.3) is 0 Å². The predicted molar refractivity (Wildman–Crippen MR) is 274 cm³/mol. The van der Waals surface area contributed by atoms with Crippen molar-refractivity contribution in [2.75, 3.05) is 13.2 Å². The normalized spacial score (nSPS) is 23.4. The van der Waals surface area contributed by atoms with Crippen LogP contribution in [0.2, 0.25) is 0 Å². The second-order valence-electron chi connectivity index (χ2n) is 17.9. The molecule has 0 saturated carbocycles. The lowest BCUT2D eigenvalue weighted by Gasteiger charge is -2.47. The first-order valence-electron chi connectivity index (χ1n) is 24.8. The molecule has 9 rings (SSSR count). The Balaban J connectivity index is 1.07. The van der Waals surface area contributed by atoms with E-state index < -0.39 is 85.9 Å². The fraction of sp³-hybridized carbons (Fsp3) is 0.262. The van der Waals surface area contributed by atoms with Gasteiger partial charge < -0.3 is 52.5 Å². The number of benzene rings is 7. The van der Waals surface area contributed by atoms with Crippen LogP contribution in [0.4, 0.5) is 0 Å². The monoisotopic (exact) mass is 1010 g/mol. The number of rotatable bonds is 22. The summed E-state index contributed by atoms with van der Waals surface area (Å²) in [7, 11) is 0. The van der Waals surface area contributed by atoms with Crippen LogP contribution in [0.5, 0.6) is 0 Å². The van der Waals surface area contributed by atoms with E-state index in [1.165, 1.54) is 24.3 Å². The molecule has 2 aliphatic heterocycles. The summed E-state index contributed by atoms with van der Waals surface area (Å²) in [5.74, 6) is -2.52. The van der Waals surface area contributed by atoms with Crippen molar-refractivity contribution in [3.05, 3.63) is 251 Å². The standard InChI is InChI=1S/C61H58O14/c62-57(46-30-16-5-17-31-46)73-52-50(71-60(65)55(75-59(64)48-34-20-7-21-35-48)54(52)74-58(63)47-32-18-6-19-33-47)41-70-61-56(69-39-45-28-14-4-15-29-45)53(68-38-44-26-12-3-13-27-44)51(67-37-43-24-10-2-11-25-43)49(72-61)40-66-36-42-22-8-1-9-23-42/h1-35,49-56,60-61,65H,36-41H2/t49-,50-,51+,52-,53+,54+,55-,56-,60+,61?/m1/s1. The molecule has 2 aliphatic rings. The molecule has 386 valence electrons. The number of carbonyl (C=O) groups excluding carboxylic acids is 3. The maximum absolute atomic E-state index is 14.1. The Labute approximate surface area is 435 Å². The van der Waals surface area contributed by atoms with E-state index in [0.29, 0.717) is 0 Å². The summed E-state index contributed by atoms with van der Waals surface area (Å²) in [6, 6.07) is 63.2. The van der Waals surface area contributed by atoms with Gasteiger partial charge in [0.25, 0.3) is 0 Å².